The van der Waals surface area contributed by atoms with E-state index >= 15 is 0 Å². The molecule has 1 N–H and O–H groups in total. The summed E-state index contributed by atoms with van der Waals surface area (Å²) < 4.78 is 8.41. The summed E-state index contributed by atoms with van der Waals surface area (Å²) in [5.41, 5.74) is 1.08. The first-order valence-corrected chi connectivity index (χ1v) is 6.85. The van der Waals surface area contributed by atoms with Crippen LogP contribution in [0.1, 0.15) is 37.4 Å². The Morgan fingerprint density at radius 2 is 2.41 bits per heavy atom. The molecule has 6 heteroatoms. The molecule has 1 fully saturated rings. The van der Waals surface area contributed by atoms with Crippen LogP contribution < -0.4 is 5.32 Å². The van der Waals surface area contributed by atoms with Gasteiger partial charge in [0.2, 0.25) is 0 Å². The zero-order valence-corrected chi connectivity index (χ0v) is 11.9. The average molecular weight is 303 g/mol. The molecule has 0 aromatic carbocycles. The molecule has 2 unspecified atom stereocenters. The predicted molar refractivity (Wildman–Crippen MR) is 68.7 cm³/mol. The van der Waals surface area contributed by atoms with Gasteiger partial charge in [0, 0.05) is 13.7 Å². The summed E-state index contributed by atoms with van der Waals surface area (Å²) in [6.45, 7) is 0.895. The van der Waals surface area contributed by atoms with Gasteiger partial charge in [-0.15, -0.1) is 5.10 Å². The molecule has 5 nitrogen and oxygen atoms in total. The van der Waals surface area contributed by atoms with Crippen LogP contribution in [0.25, 0.3) is 0 Å². The van der Waals surface area contributed by atoms with Crippen molar-refractivity contribution in [2.45, 2.75) is 37.8 Å². The number of hydrogen-bond acceptors (Lipinski definition) is 4. The van der Waals surface area contributed by atoms with Crippen molar-refractivity contribution in [3.05, 3.63) is 10.3 Å². The third kappa shape index (κ3) is 3.05. The summed E-state index contributed by atoms with van der Waals surface area (Å²) in [6, 6.07) is 0.229. The number of nitrogens with zero attached hydrogens (tertiary/aromatic N) is 3. The Morgan fingerprint density at radius 1 is 1.59 bits per heavy atom. The number of aromatic nitrogens is 3. The van der Waals surface area contributed by atoms with Gasteiger partial charge >= 0.3 is 0 Å². The predicted octanol–water partition coefficient (Wildman–Crippen LogP) is 1.80. The second kappa shape index (κ2) is 5.93. The number of hydrogen-bond donors (Lipinski definition) is 1. The summed E-state index contributed by atoms with van der Waals surface area (Å²) in [6.07, 6.45) is 4.93. The lowest BCUT2D eigenvalue weighted by Crippen LogP contribution is -2.28. The van der Waals surface area contributed by atoms with Crippen molar-refractivity contribution < 1.29 is 4.74 Å². The zero-order chi connectivity index (χ0) is 12.3. The molecule has 1 aliphatic rings. The average Bonchev–Trinajstić information content (AvgIpc) is 2.68. The highest BCUT2D eigenvalue weighted by Gasteiger charge is 2.24. The molecule has 96 valence electrons. The molecule has 0 radical (unpaired) electrons. The van der Waals surface area contributed by atoms with E-state index in [1.165, 1.54) is 12.8 Å². The maximum Gasteiger partial charge on any atom is 0.153 e. The fourth-order valence-corrected chi connectivity index (χ4v) is 2.93. The first-order chi connectivity index (χ1) is 8.22. The number of aryl methyl sites for hydroxylation is 1. The quantitative estimate of drug-likeness (QED) is 0.921. The van der Waals surface area contributed by atoms with Gasteiger partial charge in [0.1, 0.15) is 0 Å². The monoisotopic (exact) mass is 302 g/mol. The van der Waals surface area contributed by atoms with Gasteiger partial charge in [-0.25, -0.2) is 4.68 Å². The highest BCUT2D eigenvalue weighted by Crippen LogP contribution is 2.27. The molecule has 0 spiro atoms. The lowest BCUT2D eigenvalue weighted by molar-refractivity contribution is 0.00499. The Labute approximate surface area is 110 Å². The molecule has 2 heterocycles. The topological polar surface area (TPSA) is 52.0 Å². The van der Waals surface area contributed by atoms with E-state index in [1.807, 2.05) is 18.8 Å². The molecule has 1 aromatic rings. The molecule has 0 amide bonds. The van der Waals surface area contributed by atoms with E-state index in [0.717, 1.165) is 29.7 Å². The Balaban J connectivity index is 2.05. The van der Waals surface area contributed by atoms with Crippen molar-refractivity contribution >= 4 is 15.9 Å². The molecule has 1 aromatic heterocycles. The zero-order valence-electron chi connectivity index (χ0n) is 10.3. The lowest BCUT2D eigenvalue weighted by Gasteiger charge is -2.26. The van der Waals surface area contributed by atoms with Gasteiger partial charge in [-0.1, -0.05) is 5.21 Å². The van der Waals surface area contributed by atoms with Crippen LogP contribution in [0.5, 0.6) is 0 Å². The molecular weight excluding hydrogens is 284 g/mol. The largest absolute Gasteiger partial charge is 0.378 e. The lowest BCUT2D eigenvalue weighted by atomic mass is 10.0. The maximum absolute atomic E-state index is 5.78. The van der Waals surface area contributed by atoms with Crippen LogP contribution in [0.3, 0.4) is 0 Å². The maximum atomic E-state index is 5.78. The van der Waals surface area contributed by atoms with Crippen LogP contribution in [-0.4, -0.2) is 34.8 Å². The summed E-state index contributed by atoms with van der Waals surface area (Å²) in [5.74, 6) is 0. The van der Waals surface area contributed by atoms with Gasteiger partial charge in [-0.05, 0) is 48.7 Å². The van der Waals surface area contributed by atoms with Crippen molar-refractivity contribution in [1.82, 2.24) is 20.3 Å². The van der Waals surface area contributed by atoms with Crippen LogP contribution in [0.4, 0.5) is 0 Å². The normalized spacial score (nSPS) is 22.6. The van der Waals surface area contributed by atoms with E-state index in [2.05, 4.69) is 31.6 Å². The first kappa shape index (κ1) is 13.0. The van der Waals surface area contributed by atoms with E-state index < -0.39 is 0 Å². The molecule has 1 saturated heterocycles. The minimum atomic E-state index is 0.229. The fraction of sp³-hybridized carbons (Fsp3) is 0.818. The van der Waals surface area contributed by atoms with Crippen molar-refractivity contribution in [3.8, 4) is 0 Å². The van der Waals surface area contributed by atoms with Crippen LogP contribution in [-0.2, 0) is 11.8 Å². The highest BCUT2D eigenvalue weighted by atomic mass is 79.9. The number of nitrogens with one attached hydrogen (secondary N) is 1. The molecule has 2 rings (SSSR count). The van der Waals surface area contributed by atoms with Gasteiger partial charge in [0.25, 0.3) is 0 Å². The first-order valence-electron chi connectivity index (χ1n) is 6.06. The van der Waals surface area contributed by atoms with Crippen molar-refractivity contribution in [2.75, 3.05) is 13.7 Å². The highest BCUT2D eigenvalue weighted by molar-refractivity contribution is 9.10. The SMILES string of the molecule is CNC(CC1CCCCO1)c1c(Br)nnn1C. The second-order valence-electron chi connectivity index (χ2n) is 4.45. The smallest absolute Gasteiger partial charge is 0.153 e. The molecule has 0 saturated carbocycles. The standard InChI is InChI=1S/C11H19BrN4O/c1-13-9(7-8-5-3-4-6-17-8)10-11(12)14-15-16(10)2/h8-9,13H,3-7H2,1-2H3. The minimum Gasteiger partial charge on any atom is -0.378 e. The van der Waals surface area contributed by atoms with Crippen molar-refractivity contribution in [2.24, 2.45) is 7.05 Å². The van der Waals surface area contributed by atoms with Crippen molar-refractivity contribution in [1.29, 1.82) is 0 Å². The van der Waals surface area contributed by atoms with E-state index in [0.29, 0.717) is 6.10 Å². The minimum absolute atomic E-state index is 0.229. The number of halogens is 1. The van der Waals surface area contributed by atoms with Gasteiger partial charge in [0.05, 0.1) is 17.8 Å². The number of ether oxygens (including phenoxy) is 1. The number of rotatable bonds is 4. The Morgan fingerprint density at radius 3 is 2.94 bits per heavy atom. The van der Waals surface area contributed by atoms with Crippen molar-refractivity contribution in [3.63, 3.8) is 0 Å². The second-order valence-corrected chi connectivity index (χ2v) is 5.21. The summed E-state index contributed by atoms with van der Waals surface area (Å²) in [7, 11) is 3.88. The van der Waals surface area contributed by atoms with E-state index in [9.17, 15) is 0 Å². The van der Waals surface area contributed by atoms with Gasteiger partial charge in [0.15, 0.2) is 4.60 Å². The molecular formula is C11H19BrN4O. The molecule has 17 heavy (non-hydrogen) atoms. The molecule has 0 aliphatic carbocycles. The Hall–Kier alpha value is -0.460. The van der Waals surface area contributed by atoms with Gasteiger partial charge < -0.3 is 10.1 Å². The third-order valence-electron chi connectivity index (χ3n) is 3.28. The van der Waals surface area contributed by atoms with Crippen LogP contribution in [0, 0.1) is 0 Å². The van der Waals surface area contributed by atoms with Crippen LogP contribution in [0.2, 0.25) is 0 Å². The van der Waals surface area contributed by atoms with Gasteiger partial charge in [-0.2, -0.15) is 0 Å². The summed E-state index contributed by atoms with van der Waals surface area (Å²) >= 11 is 3.45. The Kier molecular flexibility index (Phi) is 4.53. The third-order valence-corrected chi connectivity index (χ3v) is 3.84. The van der Waals surface area contributed by atoms with Gasteiger partial charge in [-0.3, -0.25) is 0 Å². The van der Waals surface area contributed by atoms with E-state index in [1.54, 1.807) is 0 Å². The Bertz CT molecular complexity index is 343. The summed E-state index contributed by atoms with van der Waals surface area (Å²) in [5, 5.41) is 11.4. The van der Waals surface area contributed by atoms with Crippen LogP contribution in [0.15, 0.2) is 4.60 Å². The fourth-order valence-electron chi connectivity index (χ4n) is 2.33. The molecule has 1 aliphatic heterocycles. The van der Waals surface area contributed by atoms with E-state index in [4.69, 9.17) is 4.74 Å². The molecule has 0 bridgehead atoms. The summed E-state index contributed by atoms with van der Waals surface area (Å²) in [4.78, 5) is 0. The van der Waals surface area contributed by atoms with E-state index in [-0.39, 0.29) is 6.04 Å². The molecule has 2 atom stereocenters. The van der Waals surface area contributed by atoms with Crippen LogP contribution >= 0.6 is 15.9 Å².